The van der Waals surface area contributed by atoms with Crippen LogP contribution in [0.3, 0.4) is 0 Å². The smallest absolute Gasteiger partial charge is 0.357 e. The first-order chi connectivity index (χ1) is 8.10. The zero-order valence-electron chi connectivity index (χ0n) is 9.54. The molecule has 0 spiro atoms. The third kappa shape index (κ3) is 2.54. The first kappa shape index (κ1) is 11.8. The lowest BCUT2D eigenvalue weighted by atomic mass is 10.2. The van der Waals surface area contributed by atoms with Crippen LogP contribution in [0.25, 0.3) is 0 Å². The second kappa shape index (κ2) is 4.68. The lowest BCUT2D eigenvalue weighted by Crippen LogP contribution is -2.32. The fraction of sp³-hybridized carbons (Fsp3) is 0.455. The summed E-state index contributed by atoms with van der Waals surface area (Å²) in [7, 11) is 0. The number of carbonyl (C=O) groups excluding carboxylic acids is 1. The second-order valence-corrected chi connectivity index (χ2v) is 3.53. The summed E-state index contributed by atoms with van der Waals surface area (Å²) in [6, 6.07) is 2.63. The molecule has 17 heavy (non-hydrogen) atoms. The molecule has 1 N–H and O–H groups in total. The van der Waals surface area contributed by atoms with Gasteiger partial charge in [0.05, 0.1) is 6.61 Å². The summed E-state index contributed by atoms with van der Waals surface area (Å²) in [5, 5.41) is 9.49. The normalized spacial score (nSPS) is 22.9. The van der Waals surface area contributed by atoms with E-state index in [-0.39, 0.29) is 24.3 Å². The molecule has 1 fully saturated rings. The second-order valence-electron chi connectivity index (χ2n) is 3.53. The number of nitrogens with zero attached hydrogens (tertiary/aromatic N) is 1. The summed E-state index contributed by atoms with van der Waals surface area (Å²) in [6.45, 7) is 3.69. The summed E-state index contributed by atoms with van der Waals surface area (Å²) >= 11 is 0. The SMILES string of the molecule is CCOC(=O)c1cc(O)cc(C2OC(C)O2)n1. The molecule has 0 amide bonds. The Morgan fingerprint density at radius 1 is 1.53 bits per heavy atom. The predicted octanol–water partition coefficient (Wildman–Crippen LogP) is 1.36. The van der Waals surface area contributed by atoms with Crippen molar-refractivity contribution in [3.05, 3.63) is 23.5 Å². The van der Waals surface area contributed by atoms with E-state index in [0.717, 1.165) is 0 Å². The monoisotopic (exact) mass is 239 g/mol. The van der Waals surface area contributed by atoms with Gasteiger partial charge in [-0.25, -0.2) is 9.78 Å². The van der Waals surface area contributed by atoms with E-state index in [2.05, 4.69) is 4.98 Å². The van der Waals surface area contributed by atoms with Crippen LogP contribution in [0.15, 0.2) is 12.1 Å². The fourth-order valence-corrected chi connectivity index (χ4v) is 1.46. The molecular formula is C11H13NO5. The molecule has 1 aliphatic rings. The predicted molar refractivity (Wildman–Crippen MR) is 56.2 cm³/mol. The van der Waals surface area contributed by atoms with Gasteiger partial charge >= 0.3 is 5.97 Å². The van der Waals surface area contributed by atoms with Gasteiger partial charge in [-0.05, 0) is 13.8 Å². The Morgan fingerprint density at radius 3 is 2.82 bits per heavy atom. The van der Waals surface area contributed by atoms with Crippen LogP contribution in [0, 0.1) is 0 Å². The standard InChI is InChI=1S/C11H13NO5/c1-3-15-10(14)8-4-7(13)5-9(12-8)11-16-6(2)17-11/h4-6,11H,3H2,1-2H3,(H,12,13). The first-order valence-corrected chi connectivity index (χ1v) is 5.29. The van der Waals surface area contributed by atoms with E-state index >= 15 is 0 Å². The topological polar surface area (TPSA) is 77.9 Å². The van der Waals surface area contributed by atoms with Crippen molar-refractivity contribution < 1.29 is 24.1 Å². The Kier molecular flexibility index (Phi) is 3.26. The maximum absolute atomic E-state index is 11.5. The van der Waals surface area contributed by atoms with Crippen LogP contribution in [0.2, 0.25) is 0 Å². The Bertz CT molecular complexity index is 428. The average Bonchev–Trinajstić information content (AvgIpc) is 2.24. The van der Waals surface area contributed by atoms with Crippen LogP contribution in [-0.2, 0) is 14.2 Å². The number of hydrogen-bond donors (Lipinski definition) is 1. The molecule has 6 heteroatoms. The number of aromatic nitrogens is 1. The van der Waals surface area contributed by atoms with Crippen molar-refractivity contribution in [1.29, 1.82) is 0 Å². The van der Waals surface area contributed by atoms with Gasteiger partial charge in [0, 0.05) is 12.1 Å². The molecule has 0 aliphatic carbocycles. The Morgan fingerprint density at radius 2 is 2.24 bits per heavy atom. The lowest BCUT2D eigenvalue weighted by molar-refractivity contribution is -0.384. The van der Waals surface area contributed by atoms with Crippen molar-refractivity contribution in [2.75, 3.05) is 6.61 Å². The molecule has 0 atom stereocenters. The lowest BCUT2D eigenvalue weighted by Gasteiger charge is -2.33. The molecule has 2 rings (SSSR count). The number of esters is 1. The minimum Gasteiger partial charge on any atom is -0.508 e. The zero-order chi connectivity index (χ0) is 12.4. The van der Waals surface area contributed by atoms with E-state index in [1.54, 1.807) is 13.8 Å². The van der Waals surface area contributed by atoms with E-state index in [4.69, 9.17) is 14.2 Å². The summed E-state index contributed by atoms with van der Waals surface area (Å²) in [6.07, 6.45) is -0.930. The minimum absolute atomic E-state index is 0.0357. The van der Waals surface area contributed by atoms with Gasteiger partial charge in [-0.3, -0.25) is 0 Å². The molecule has 1 saturated heterocycles. The van der Waals surface area contributed by atoms with Gasteiger partial charge in [0.2, 0.25) is 6.29 Å². The van der Waals surface area contributed by atoms with Gasteiger partial charge < -0.3 is 19.3 Å². The van der Waals surface area contributed by atoms with Gasteiger partial charge in [-0.2, -0.15) is 0 Å². The van der Waals surface area contributed by atoms with Gasteiger partial charge in [0.1, 0.15) is 11.4 Å². The highest BCUT2D eigenvalue weighted by Gasteiger charge is 2.30. The van der Waals surface area contributed by atoms with Gasteiger partial charge in [0.25, 0.3) is 0 Å². The number of hydrogen-bond acceptors (Lipinski definition) is 6. The van der Waals surface area contributed by atoms with E-state index in [1.165, 1.54) is 12.1 Å². The highest BCUT2D eigenvalue weighted by Crippen LogP contribution is 2.31. The maximum Gasteiger partial charge on any atom is 0.357 e. The molecule has 1 aromatic heterocycles. The van der Waals surface area contributed by atoms with Gasteiger partial charge in [0.15, 0.2) is 12.0 Å². The fourth-order valence-electron chi connectivity index (χ4n) is 1.46. The van der Waals surface area contributed by atoms with Gasteiger partial charge in [-0.1, -0.05) is 0 Å². The van der Waals surface area contributed by atoms with Crippen molar-refractivity contribution in [1.82, 2.24) is 4.98 Å². The highest BCUT2D eigenvalue weighted by molar-refractivity contribution is 5.87. The van der Waals surface area contributed by atoms with Crippen LogP contribution in [-0.4, -0.2) is 29.0 Å². The number of aromatic hydroxyl groups is 1. The largest absolute Gasteiger partial charge is 0.508 e. The Balaban J connectivity index is 2.20. The van der Waals surface area contributed by atoms with Crippen molar-refractivity contribution in [3.8, 4) is 5.75 Å². The third-order valence-corrected chi connectivity index (χ3v) is 2.19. The molecule has 0 radical (unpaired) electrons. The zero-order valence-corrected chi connectivity index (χ0v) is 9.54. The van der Waals surface area contributed by atoms with Crippen LogP contribution in [0.5, 0.6) is 5.75 Å². The van der Waals surface area contributed by atoms with E-state index in [9.17, 15) is 9.90 Å². The van der Waals surface area contributed by atoms with Crippen molar-refractivity contribution in [2.45, 2.75) is 26.4 Å². The maximum atomic E-state index is 11.5. The van der Waals surface area contributed by atoms with Crippen LogP contribution >= 0.6 is 0 Å². The van der Waals surface area contributed by atoms with Crippen molar-refractivity contribution >= 4 is 5.97 Å². The van der Waals surface area contributed by atoms with Crippen LogP contribution in [0.1, 0.15) is 36.3 Å². The van der Waals surface area contributed by atoms with Crippen molar-refractivity contribution in [3.63, 3.8) is 0 Å². The molecule has 2 heterocycles. The molecule has 1 aromatic rings. The van der Waals surface area contributed by atoms with Crippen LogP contribution in [0.4, 0.5) is 0 Å². The van der Waals surface area contributed by atoms with E-state index < -0.39 is 12.3 Å². The number of pyridine rings is 1. The summed E-state index contributed by atoms with van der Waals surface area (Å²) in [4.78, 5) is 15.5. The molecule has 0 aromatic carbocycles. The number of ether oxygens (including phenoxy) is 3. The summed E-state index contributed by atoms with van der Waals surface area (Å²) in [5.74, 6) is -0.665. The Labute approximate surface area is 98.1 Å². The molecule has 1 aliphatic heterocycles. The number of carbonyl (C=O) groups is 1. The molecular weight excluding hydrogens is 226 g/mol. The number of rotatable bonds is 3. The van der Waals surface area contributed by atoms with Gasteiger partial charge in [-0.15, -0.1) is 0 Å². The third-order valence-electron chi connectivity index (χ3n) is 2.19. The van der Waals surface area contributed by atoms with E-state index in [0.29, 0.717) is 5.69 Å². The first-order valence-electron chi connectivity index (χ1n) is 5.29. The summed E-state index contributed by atoms with van der Waals surface area (Å²) < 4.78 is 15.2. The molecule has 0 saturated carbocycles. The molecule has 0 unspecified atom stereocenters. The highest BCUT2D eigenvalue weighted by atomic mass is 16.9. The average molecular weight is 239 g/mol. The van der Waals surface area contributed by atoms with Crippen molar-refractivity contribution in [2.24, 2.45) is 0 Å². The van der Waals surface area contributed by atoms with E-state index in [1.807, 2.05) is 0 Å². The summed E-state index contributed by atoms with van der Waals surface area (Å²) in [5.41, 5.74) is 0.389. The van der Waals surface area contributed by atoms with Crippen LogP contribution < -0.4 is 0 Å². The minimum atomic E-state index is -0.634. The Hall–Kier alpha value is -1.66. The molecule has 0 bridgehead atoms. The molecule has 6 nitrogen and oxygen atoms in total. The quantitative estimate of drug-likeness (QED) is 0.802. The molecule has 92 valence electrons.